The van der Waals surface area contributed by atoms with Crippen LogP contribution in [0.4, 0.5) is 11.4 Å². The van der Waals surface area contributed by atoms with E-state index in [2.05, 4.69) is 5.32 Å². The topological polar surface area (TPSA) is 49.4 Å². The molecule has 0 bridgehead atoms. The molecule has 0 heterocycles. The molecule has 0 aliphatic carbocycles. The molecule has 0 saturated carbocycles. The summed E-state index contributed by atoms with van der Waals surface area (Å²) in [6.07, 6.45) is -0.257. The molecule has 0 aliphatic heterocycles. The molecule has 28 heavy (non-hydrogen) atoms. The lowest BCUT2D eigenvalue weighted by atomic mass is 10.1. The Labute approximate surface area is 169 Å². The summed E-state index contributed by atoms with van der Waals surface area (Å²) in [5.74, 6) is -0.648. The molecule has 1 N–H and O–H groups in total. The van der Waals surface area contributed by atoms with Crippen LogP contribution < -0.4 is 10.2 Å². The van der Waals surface area contributed by atoms with Gasteiger partial charge < -0.3 is 10.2 Å². The van der Waals surface area contributed by atoms with E-state index in [0.717, 1.165) is 16.8 Å². The Hall–Kier alpha value is -3.11. The number of halogens is 1. The summed E-state index contributed by atoms with van der Waals surface area (Å²) >= 11 is 6.10. The molecule has 0 aliphatic rings. The normalized spacial score (nSPS) is 10.4. The van der Waals surface area contributed by atoms with Crippen molar-refractivity contribution in [3.05, 3.63) is 95.0 Å². The van der Waals surface area contributed by atoms with Crippen LogP contribution in [0.1, 0.15) is 17.5 Å². The molecule has 0 aromatic heterocycles. The van der Waals surface area contributed by atoms with E-state index in [1.54, 1.807) is 17.0 Å². The summed E-state index contributed by atoms with van der Waals surface area (Å²) < 4.78 is 0. The van der Waals surface area contributed by atoms with Crippen LogP contribution in [0.25, 0.3) is 0 Å². The van der Waals surface area contributed by atoms with Crippen molar-refractivity contribution in [1.82, 2.24) is 0 Å². The second-order valence-electron chi connectivity index (χ2n) is 6.49. The number of nitrogens with zero attached hydrogens (tertiary/aromatic N) is 1. The van der Waals surface area contributed by atoms with Crippen molar-refractivity contribution in [2.75, 3.05) is 10.2 Å². The molecule has 3 aromatic carbocycles. The summed E-state index contributed by atoms with van der Waals surface area (Å²) in [6, 6.07) is 24.3. The van der Waals surface area contributed by atoms with Gasteiger partial charge in [0.05, 0.1) is 6.54 Å². The number of rotatable bonds is 6. The van der Waals surface area contributed by atoms with Crippen LogP contribution in [0.3, 0.4) is 0 Å². The van der Waals surface area contributed by atoms with Gasteiger partial charge in [-0.15, -0.1) is 0 Å². The van der Waals surface area contributed by atoms with Crippen LogP contribution in [0.2, 0.25) is 5.02 Å². The Balaban J connectivity index is 1.73. The van der Waals surface area contributed by atoms with Crippen molar-refractivity contribution in [3.8, 4) is 0 Å². The van der Waals surface area contributed by atoms with Gasteiger partial charge in [-0.1, -0.05) is 66.2 Å². The van der Waals surface area contributed by atoms with Crippen LogP contribution in [0.5, 0.6) is 0 Å². The molecule has 3 rings (SSSR count). The number of para-hydroxylation sites is 1. The van der Waals surface area contributed by atoms with Gasteiger partial charge in [-0.3, -0.25) is 9.59 Å². The van der Waals surface area contributed by atoms with E-state index < -0.39 is 0 Å². The molecule has 4 nitrogen and oxygen atoms in total. The number of anilines is 2. The molecule has 5 heteroatoms. The maximum absolute atomic E-state index is 12.9. The van der Waals surface area contributed by atoms with Gasteiger partial charge in [0.25, 0.3) is 0 Å². The van der Waals surface area contributed by atoms with Gasteiger partial charge in [-0.05, 0) is 42.3 Å². The number of amides is 2. The summed E-state index contributed by atoms with van der Waals surface area (Å²) in [5.41, 5.74) is 3.24. The quantitative estimate of drug-likeness (QED) is 0.585. The van der Waals surface area contributed by atoms with Crippen molar-refractivity contribution < 1.29 is 9.59 Å². The highest BCUT2D eigenvalue weighted by atomic mass is 35.5. The fraction of sp³-hybridized carbons (Fsp3) is 0.130. The molecule has 3 aromatic rings. The van der Waals surface area contributed by atoms with Crippen LogP contribution in [-0.2, 0) is 16.1 Å². The van der Waals surface area contributed by atoms with Crippen molar-refractivity contribution in [2.45, 2.75) is 19.9 Å². The average molecular weight is 393 g/mol. The molecular weight excluding hydrogens is 372 g/mol. The van der Waals surface area contributed by atoms with Gasteiger partial charge in [0.15, 0.2) is 0 Å². The van der Waals surface area contributed by atoms with E-state index in [0.29, 0.717) is 17.3 Å². The van der Waals surface area contributed by atoms with Crippen molar-refractivity contribution >= 4 is 34.8 Å². The summed E-state index contributed by atoms with van der Waals surface area (Å²) in [5, 5.41) is 3.31. The minimum Gasteiger partial charge on any atom is -0.326 e. The molecule has 142 valence electrons. The third kappa shape index (κ3) is 5.21. The maximum atomic E-state index is 12.9. The van der Waals surface area contributed by atoms with Gasteiger partial charge >= 0.3 is 0 Å². The zero-order valence-corrected chi connectivity index (χ0v) is 16.3. The number of benzene rings is 3. The first-order valence-electron chi connectivity index (χ1n) is 8.98. The van der Waals surface area contributed by atoms with Crippen molar-refractivity contribution in [3.63, 3.8) is 0 Å². The van der Waals surface area contributed by atoms with Crippen molar-refractivity contribution in [1.29, 1.82) is 0 Å². The first kappa shape index (κ1) is 19.6. The van der Waals surface area contributed by atoms with Crippen LogP contribution in [0.15, 0.2) is 78.9 Å². The first-order chi connectivity index (χ1) is 13.5. The second-order valence-corrected chi connectivity index (χ2v) is 6.90. The number of hydrogen-bond acceptors (Lipinski definition) is 2. The zero-order valence-electron chi connectivity index (χ0n) is 15.6. The highest BCUT2D eigenvalue weighted by Crippen LogP contribution is 2.21. The van der Waals surface area contributed by atoms with Gasteiger partial charge in [0, 0.05) is 16.4 Å². The Morgan fingerprint density at radius 2 is 1.57 bits per heavy atom. The fourth-order valence-electron chi connectivity index (χ4n) is 2.81. The van der Waals surface area contributed by atoms with Gasteiger partial charge in [-0.25, -0.2) is 0 Å². The number of nitrogens with one attached hydrogen (secondary N) is 1. The molecule has 0 spiro atoms. The summed E-state index contributed by atoms with van der Waals surface area (Å²) in [4.78, 5) is 26.9. The van der Waals surface area contributed by atoms with E-state index in [9.17, 15) is 9.59 Å². The maximum Gasteiger partial charge on any atom is 0.236 e. The Bertz CT molecular complexity index is 959. The highest BCUT2D eigenvalue weighted by Gasteiger charge is 2.19. The predicted molar refractivity (Wildman–Crippen MR) is 114 cm³/mol. The van der Waals surface area contributed by atoms with Crippen LogP contribution >= 0.6 is 11.6 Å². The van der Waals surface area contributed by atoms with E-state index >= 15 is 0 Å². The van der Waals surface area contributed by atoms with Gasteiger partial charge in [0.1, 0.15) is 6.42 Å². The minimum atomic E-state index is -0.376. The molecule has 2 amide bonds. The fourth-order valence-corrected chi connectivity index (χ4v) is 2.99. The predicted octanol–water partition coefficient (Wildman–Crippen LogP) is 5.21. The number of aryl methyl sites for hydroxylation is 1. The monoisotopic (exact) mass is 392 g/mol. The number of carbonyl (C=O) groups excluding carboxylic acids is 2. The SMILES string of the molecule is Cc1ccc(NC(=O)CC(=O)N(Cc2ccccc2)c2ccccc2)cc1Cl. The third-order valence-electron chi connectivity index (χ3n) is 4.32. The second kappa shape index (κ2) is 9.20. The summed E-state index contributed by atoms with van der Waals surface area (Å²) in [6.45, 7) is 2.28. The van der Waals surface area contributed by atoms with Gasteiger partial charge in [0.2, 0.25) is 11.8 Å². The Morgan fingerprint density at radius 1 is 0.929 bits per heavy atom. The minimum absolute atomic E-state index is 0.257. The lowest BCUT2D eigenvalue weighted by molar-refractivity contribution is -0.125. The van der Waals surface area contributed by atoms with Crippen LogP contribution in [0, 0.1) is 6.92 Å². The average Bonchev–Trinajstić information content (AvgIpc) is 2.70. The van der Waals surface area contributed by atoms with Crippen molar-refractivity contribution in [2.24, 2.45) is 0 Å². The largest absolute Gasteiger partial charge is 0.326 e. The smallest absolute Gasteiger partial charge is 0.236 e. The van der Waals surface area contributed by atoms with Gasteiger partial charge in [-0.2, -0.15) is 0 Å². The van der Waals surface area contributed by atoms with E-state index in [1.165, 1.54) is 0 Å². The highest BCUT2D eigenvalue weighted by molar-refractivity contribution is 6.31. The molecule has 0 unspecified atom stereocenters. The molecule has 0 saturated heterocycles. The van der Waals surface area contributed by atoms with E-state index in [-0.39, 0.29) is 18.2 Å². The lowest BCUT2D eigenvalue weighted by Gasteiger charge is -2.23. The first-order valence-corrected chi connectivity index (χ1v) is 9.36. The molecule has 0 radical (unpaired) electrons. The Morgan fingerprint density at radius 3 is 2.21 bits per heavy atom. The van der Waals surface area contributed by atoms with E-state index in [1.807, 2.05) is 73.7 Å². The molecule has 0 atom stereocenters. The Kier molecular flexibility index (Phi) is 6.45. The summed E-state index contributed by atoms with van der Waals surface area (Å²) in [7, 11) is 0. The standard InChI is InChI=1S/C23H21ClN2O2/c1-17-12-13-19(14-21(17)24)25-22(27)15-23(28)26(20-10-6-3-7-11-20)16-18-8-4-2-5-9-18/h2-14H,15-16H2,1H3,(H,25,27). The zero-order chi connectivity index (χ0) is 19.9. The van der Waals surface area contributed by atoms with Crippen LogP contribution in [-0.4, -0.2) is 11.8 Å². The molecular formula is C23H21ClN2O2. The number of hydrogen-bond donors (Lipinski definition) is 1. The number of carbonyl (C=O) groups is 2. The third-order valence-corrected chi connectivity index (χ3v) is 4.73. The lowest BCUT2D eigenvalue weighted by Crippen LogP contribution is -2.33. The van der Waals surface area contributed by atoms with E-state index in [4.69, 9.17) is 11.6 Å². The molecule has 0 fully saturated rings.